The second-order valence-electron chi connectivity index (χ2n) is 5.22. The third-order valence-electron chi connectivity index (χ3n) is 3.81. The smallest absolute Gasteiger partial charge is 0.217 e. The van der Waals surface area contributed by atoms with Gasteiger partial charge >= 0.3 is 0 Å². The normalized spacial score (nSPS) is 16.9. The van der Waals surface area contributed by atoms with Gasteiger partial charge in [-0.15, -0.1) is 0 Å². The van der Waals surface area contributed by atoms with Crippen LogP contribution in [0.1, 0.15) is 32.0 Å². The molecule has 4 nitrogen and oxygen atoms in total. The summed E-state index contributed by atoms with van der Waals surface area (Å²) >= 11 is 15.0. The predicted molar refractivity (Wildman–Crippen MR) is 97.0 cm³/mol. The molecule has 1 aliphatic rings. The Labute approximate surface area is 152 Å². The van der Waals surface area contributed by atoms with Gasteiger partial charge in [0.2, 0.25) is 5.91 Å². The number of benzene rings is 1. The van der Waals surface area contributed by atoms with Crippen molar-refractivity contribution in [1.29, 1.82) is 0 Å². The third-order valence-corrected chi connectivity index (χ3v) is 5.68. The first kappa shape index (κ1) is 16.2. The summed E-state index contributed by atoms with van der Waals surface area (Å²) in [5, 5.41) is 5.00. The monoisotopic (exact) mass is 452 g/mol. The summed E-state index contributed by atoms with van der Waals surface area (Å²) in [4.78, 5) is 11.4. The highest BCUT2D eigenvalue weighted by Crippen LogP contribution is 2.46. The number of fused-ring (bicyclic) bond motifs is 3. The Morgan fingerprint density at radius 2 is 2.27 bits per heavy atom. The number of hydrogen-bond donors (Lipinski definition) is 1. The molecule has 2 heterocycles. The molecule has 118 valence electrons. The van der Waals surface area contributed by atoms with E-state index in [0.717, 1.165) is 38.9 Å². The van der Waals surface area contributed by atoms with Crippen LogP contribution in [0.2, 0.25) is 10.0 Å². The molecule has 1 atom stereocenters. The molecule has 0 unspecified atom stereocenters. The zero-order valence-electron chi connectivity index (χ0n) is 12.2. The van der Waals surface area contributed by atoms with Crippen LogP contribution >= 0.6 is 45.8 Å². The lowest BCUT2D eigenvalue weighted by molar-refractivity contribution is -0.119. The molecule has 0 radical (unpaired) electrons. The Morgan fingerprint density at radius 3 is 2.91 bits per heavy atom. The van der Waals surface area contributed by atoms with E-state index in [0.29, 0.717) is 16.7 Å². The first-order valence-electron chi connectivity index (χ1n) is 7.05. The van der Waals surface area contributed by atoms with Crippen LogP contribution in [-0.4, -0.2) is 17.1 Å². The molecule has 7 heteroatoms. The number of carbonyl (C=O) groups excluding carboxylic acids is 1. The lowest BCUT2D eigenvalue weighted by atomic mass is 10.1. The van der Waals surface area contributed by atoms with Crippen LogP contribution < -0.4 is 10.1 Å². The first-order chi connectivity index (χ1) is 10.5. The average molecular weight is 453 g/mol. The van der Waals surface area contributed by atoms with Crippen LogP contribution in [-0.2, 0) is 11.3 Å². The van der Waals surface area contributed by atoms with Crippen LogP contribution in [0.3, 0.4) is 0 Å². The highest BCUT2D eigenvalue weighted by molar-refractivity contribution is 14.1. The second-order valence-corrected chi connectivity index (χ2v) is 7.08. The number of halogens is 3. The van der Waals surface area contributed by atoms with E-state index in [1.165, 1.54) is 6.92 Å². The van der Waals surface area contributed by atoms with Crippen molar-refractivity contribution in [3.8, 4) is 5.75 Å². The van der Waals surface area contributed by atoms with Crippen molar-refractivity contribution in [2.24, 2.45) is 0 Å². The summed E-state index contributed by atoms with van der Waals surface area (Å²) in [6, 6.07) is 1.77. The molecular weight excluding hydrogens is 438 g/mol. The predicted octanol–water partition coefficient (Wildman–Crippen LogP) is 4.53. The Hall–Kier alpha value is -0.660. The fraction of sp³-hybridized carbons (Fsp3) is 0.400. The number of hydrogen-bond acceptors (Lipinski definition) is 2. The van der Waals surface area contributed by atoms with Gasteiger partial charge in [0.15, 0.2) is 0 Å². The Kier molecular flexibility index (Phi) is 4.49. The fourth-order valence-corrected chi connectivity index (χ4v) is 4.67. The molecule has 22 heavy (non-hydrogen) atoms. The molecule has 1 aliphatic heterocycles. The van der Waals surface area contributed by atoms with Crippen LogP contribution in [0.5, 0.6) is 5.75 Å². The summed E-state index contributed by atoms with van der Waals surface area (Å²) in [6.07, 6.45) is 0.855. The van der Waals surface area contributed by atoms with Crippen LogP contribution in [0.15, 0.2) is 6.07 Å². The molecule has 1 aromatic carbocycles. The van der Waals surface area contributed by atoms with E-state index < -0.39 is 0 Å². The van der Waals surface area contributed by atoms with Gasteiger partial charge < -0.3 is 14.6 Å². The minimum absolute atomic E-state index is 0.00104. The standard InChI is InChI=1S/C15H15Cl2IN2O2/c1-3-22-10-6-8(16)12(17)15-11(10)13(18)14-9(19-7(2)21)4-5-20(14)15/h6,9H,3-5H2,1-2H3,(H,19,21)/t9-/m1/s1. The number of carbonyl (C=O) groups is 1. The van der Waals surface area contributed by atoms with Crippen molar-refractivity contribution in [2.75, 3.05) is 6.61 Å². The molecule has 0 fully saturated rings. The van der Waals surface area contributed by atoms with Crippen molar-refractivity contribution in [3.63, 3.8) is 0 Å². The minimum atomic E-state index is -0.0336. The molecule has 0 aliphatic carbocycles. The van der Waals surface area contributed by atoms with Crippen LogP contribution in [0.4, 0.5) is 0 Å². The summed E-state index contributed by atoms with van der Waals surface area (Å²) in [7, 11) is 0. The van der Waals surface area contributed by atoms with Crippen molar-refractivity contribution >= 4 is 62.6 Å². The molecule has 1 amide bonds. The number of aromatic nitrogens is 1. The van der Waals surface area contributed by atoms with Gasteiger partial charge in [0, 0.05) is 23.1 Å². The van der Waals surface area contributed by atoms with Crippen molar-refractivity contribution in [3.05, 3.63) is 25.4 Å². The summed E-state index contributed by atoms with van der Waals surface area (Å²) in [6.45, 7) is 4.82. The molecule has 2 aromatic rings. The van der Waals surface area contributed by atoms with Crippen LogP contribution in [0, 0.1) is 3.57 Å². The van der Waals surface area contributed by atoms with E-state index in [1.54, 1.807) is 6.07 Å². The van der Waals surface area contributed by atoms with Crippen molar-refractivity contribution in [2.45, 2.75) is 32.9 Å². The zero-order chi connectivity index (χ0) is 16.0. The maximum Gasteiger partial charge on any atom is 0.217 e. The molecular formula is C15H15Cl2IN2O2. The van der Waals surface area contributed by atoms with Gasteiger partial charge in [0.05, 0.1) is 39.3 Å². The lowest BCUT2D eigenvalue weighted by Gasteiger charge is -2.11. The van der Waals surface area contributed by atoms with E-state index in [9.17, 15) is 4.79 Å². The summed E-state index contributed by atoms with van der Waals surface area (Å²) in [5.74, 6) is 0.702. The quantitative estimate of drug-likeness (QED) is 0.695. The highest BCUT2D eigenvalue weighted by atomic mass is 127. The Morgan fingerprint density at radius 1 is 1.55 bits per heavy atom. The summed E-state index contributed by atoms with van der Waals surface area (Å²) < 4.78 is 8.95. The number of nitrogens with one attached hydrogen (secondary N) is 1. The molecule has 0 saturated carbocycles. The molecule has 1 aromatic heterocycles. The van der Waals surface area contributed by atoms with E-state index >= 15 is 0 Å². The van der Waals surface area contributed by atoms with E-state index in [4.69, 9.17) is 27.9 Å². The molecule has 0 saturated heterocycles. The van der Waals surface area contributed by atoms with Gasteiger partial charge in [-0.1, -0.05) is 23.2 Å². The Bertz CT molecular complexity index is 773. The summed E-state index contributed by atoms with van der Waals surface area (Å²) in [5.41, 5.74) is 1.97. The number of amides is 1. The third kappa shape index (κ3) is 2.47. The molecule has 0 bridgehead atoms. The lowest BCUT2D eigenvalue weighted by Crippen LogP contribution is -2.24. The van der Waals surface area contributed by atoms with Crippen molar-refractivity contribution in [1.82, 2.24) is 9.88 Å². The van der Waals surface area contributed by atoms with Gasteiger partial charge in [0.25, 0.3) is 0 Å². The SMILES string of the molecule is CCOc1cc(Cl)c(Cl)c2c1c(I)c1n2CC[C@H]1NC(C)=O. The number of rotatable bonds is 3. The number of ether oxygens (including phenoxy) is 1. The van der Waals surface area contributed by atoms with Gasteiger partial charge in [0.1, 0.15) is 5.75 Å². The fourth-order valence-electron chi connectivity index (χ4n) is 3.05. The number of nitrogens with zero attached hydrogens (tertiary/aromatic N) is 1. The highest BCUT2D eigenvalue weighted by Gasteiger charge is 2.32. The first-order valence-corrected chi connectivity index (χ1v) is 8.88. The van der Waals surface area contributed by atoms with E-state index in [2.05, 4.69) is 32.5 Å². The van der Waals surface area contributed by atoms with E-state index in [1.807, 2.05) is 6.92 Å². The average Bonchev–Trinajstić information content (AvgIpc) is 2.96. The maximum absolute atomic E-state index is 11.4. The Balaban J connectivity index is 2.28. The van der Waals surface area contributed by atoms with Crippen LogP contribution in [0.25, 0.3) is 10.9 Å². The van der Waals surface area contributed by atoms with Gasteiger partial charge in [-0.05, 0) is 35.9 Å². The molecule has 1 N–H and O–H groups in total. The molecule has 0 spiro atoms. The van der Waals surface area contributed by atoms with Gasteiger partial charge in [-0.25, -0.2) is 0 Å². The van der Waals surface area contributed by atoms with Gasteiger partial charge in [-0.2, -0.15) is 0 Å². The van der Waals surface area contributed by atoms with Gasteiger partial charge in [-0.3, -0.25) is 4.79 Å². The molecule has 3 rings (SSSR count). The zero-order valence-corrected chi connectivity index (χ0v) is 15.8. The van der Waals surface area contributed by atoms with E-state index in [-0.39, 0.29) is 11.9 Å². The second kappa shape index (κ2) is 6.09. The maximum atomic E-state index is 11.4. The largest absolute Gasteiger partial charge is 0.493 e. The topological polar surface area (TPSA) is 43.3 Å². The minimum Gasteiger partial charge on any atom is -0.493 e. The number of aryl methyl sites for hydroxylation is 1. The van der Waals surface area contributed by atoms with Crippen molar-refractivity contribution < 1.29 is 9.53 Å².